The first-order chi connectivity index (χ1) is 13.1. The fraction of sp³-hybridized carbons (Fsp3) is 0.632. The quantitative estimate of drug-likeness (QED) is 0.727. The van der Waals surface area contributed by atoms with Gasteiger partial charge in [0.1, 0.15) is 0 Å². The summed E-state index contributed by atoms with van der Waals surface area (Å²) < 4.78 is 78.7. The third-order valence-electron chi connectivity index (χ3n) is 5.63. The number of likely N-dealkylation sites (tertiary alicyclic amines) is 1. The number of halogens is 6. The topological polar surface area (TPSA) is 32.3 Å². The number of nitrogens with one attached hydrogen (secondary N) is 1. The van der Waals surface area contributed by atoms with Gasteiger partial charge in [-0.3, -0.25) is 4.79 Å². The van der Waals surface area contributed by atoms with Gasteiger partial charge in [0.25, 0.3) is 5.91 Å². The van der Waals surface area contributed by atoms with Crippen molar-refractivity contribution in [2.24, 2.45) is 5.92 Å². The molecule has 2 aliphatic heterocycles. The van der Waals surface area contributed by atoms with Crippen molar-refractivity contribution < 1.29 is 31.1 Å². The predicted octanol–water partition coefficient (Wildman–Crippen LogP) is 4.59. The maximum atomic E-state index is 13.4. The number of hydrogen-bond acceptors (Lipinski definition) is 2. The van der Waals surface area contributed by atoms with Gasteiger partial charge in [-0.1, -0.05) is 0 Å². The molecule has 28 heavy (non-hydrogen) atoms. The number of nitrogens with zero attached hydrogens (tertiary/aromatic N) is 1. The van der Waals surface area contributed by atoms with Gasteiger partial charge in [0.05, 0.1) is 11.5 Å². The van der Waals surface area contributed by atoms with Crippen LogP contribution in [0.3, 0.4) is 0 Å². The number of alkyl halides is 6. The van der Waals surface area contributed by atoms with Gasteiger partial charge in [-0.2, -0.15) is 26.3 Å². The van der Waals surface area contributed by atoms with Gasteiger partial charge in [-0.05, 0) is 68.5 Å². The SMILES string of the molecule is O=C(c1ccc(C(F)(F)F)c(C2CCNCC2)c1)N1CCC(C(F)(F)F)CC1. The van der Waals surface area contributed by atoms with Crippen molar-refractivity contribution in [3.05, 3.63) is 34.9 Å². The van der Waals surface area contributed by atoms with E-state index in [0.29, 0.717) is 25.9 Å². The van der Waals surface area contributed by atoms with Crippen LogP contribution in [0.2, 0.25) is 0 Å². The number of rotatable bonds is 2. The molecule has 0 saturated carbocycles. The normalized spacial score (nSPS) is 20.4. The number of carbonyl (C=O) groups is 1. The Bertz CT molecular complexity index is 701. The van der Waals surface area contributed by atoms with Crippen LogP contribution in [0, 0.1) is 5.92 Å². The summed E-state index contributed by atoms with van der Waals surface area (Å²) in [4.78, 5) is 14.0. The molecule has 156 valence electrons. The number of benzene rings is 1. The van der Waals surface area contributed by atoms with Crippen LogP contribution < -0.4 is 5.32 Å². The van der Waals surface area contributed by atoms with E-state index in [1.54, 1.807) is 0 Å². The number of hydrogen-bond donors (Lipinski definition) is 1. The highest BCUT2D eigenvalue weighted by atomic mass is 19.4. The highest BCUT2D eigenvalue weighted by molar-refractivity contribution is 5.94. The monoisotopic (exact) mass is 408 g/mol. The van der Waals surface area contributed by atoms with E-state index in [9.17, 15) is 31.1 Å². The van der Waals surface area contributed by atoms with Crippen molar-refractivity contribution in [2.75, 3.05) is 26.2 Å². The molecule has 0 unspecified atom stereocenters. The van der Waals surface area contributed by atoms with Crippen LogP contribution in [0.4, 0.5) is 26.3 Å². The van der Waals surface area contributed by atoms with Crippen molar-refractivity contribution in [2.45, 2.75) is 44.0 Å². The van der Waals surface area contributed by atoms with Crippen LogP contribution in [-0.4, -0.2) is 43.2 Å². The highest BCUT2D eigenvalue weighted by Gasteiger charge is 2.42. The molecule has 9 heteroatoms. The lowest BCUT2D eigenvalue weighted by Gasteiger charge is -2.33. The first-order valence-corrected chi connectivity index (χ1v) is 9.35. The van der Waals surface area contributed by atoms with Crippen molar-refractivity contribution in [3.8, 4) is 0 Å². The molecule has 0 atom stereocenters. The van der Waals surface area contributed by atoms with Gasteiger partial charge in [-0.25, -0.2) is 0 Å². The first kappa shape index (κ1) is 21.0. The van der Waals surface area contributed by atoms with Gasteiger partial charge in [0.15, 0.2) is 0 Å². The highest BCUT2D eigenvalue weighted by Crippen LogP contribution is 2.39. The minimum absolute atomic E-state index is 0.0489. The van der Waals surface area contributed by atoms with E-state index in [-0.39, 0.29) is 43.0 Å². The molecule has 3 rings (SSSR count). The third-order valence-corrected chi connectivity index (χ3v) is 5.63. The molecule has 2 saturated heterocycles. The molecule has 0 radical (unpaired) electrons. The van der Waals surface area contributed by atoms with Crippen molar-refractivity contribution in [1.29, 1.82) is 0 Å². The molecule has 0 aromatic heterocycles. The number of amides is 1. The summed E-state index contributed by atoms with van der Waals surface area (Å²) in [6.45, 7) is 1.11. The summed E-state index contributed by atoms with van der Waals surface area (Å²) in [5.41, 5.74) is -0.538. The van der Waals surface area contributed by atoms with Crippen molar-refractivity contribution >= 4 is 5.91 Å². The molecule has 2 heterocycles. The summed E-state index contributed by atoms with van der Waals surface area (Å²) in [5, 5.41) is 3.10. The second-order valence-electron chi connectivity index (χ2n) is 7.43. The minimum atomic E-state index is -4.52. The van der Waals surface area contributed by atoms with Crippen molar-refractivity contribution in [3.63, 3.8) is 0 Å². The van der Waals surface area contributed by atoms with Gasteiger partial charge < -0.3 is 10.2 Å². The maximum Gasteiger partial charge on any atom is 0.416 e. The molecule has 2 aliphatic rings. The molecule has 1 amide bonds. The van der Waals surface area contributed by atoms with Gasteiger partial charge >= 0.3 is 12.4 Å². The fourth-order valence-corrected chi connectivity index (χ4v) is 4.02. The van der Waals surface area contributed by atoms with Crippen LogP contribution in [-0.2, 0) is 6.18 Å². The number of carbonyl (C=O) groups excluding carboxylic acids is 1. The van der Waals surface area contributed by atoms with E-state index in [0.717, 1.165) is 12.1 Å². The Hall–Kier alpha value is -1.77. The smallest absolute Gasteiger partial charge is 0.339 e. The van der Waals surface area contributed by atoms with E-state index >= 15 is 0 Å². The maximum absolute atomic E-state index is 13.4. The first-order valence-electron chi connectivity index (χ1n) is 9.35. The second-order valence-corrected chi connectivity index (χ2v) is 7.43. The lowest BCUT2D eigenvalue weighted by molar-refractivity contribution is -0.183. The van der Waals surface area contributed by atoms with E-state index in [1.807, 2.05) is 0 Å². The Morgan fingerprint density at radius 2 is 1.57 bits per heavy atom. The molecule has 1 aromatic carbocycles. The third kappa shape index (κ3) is 4.61. The minimum Gasteiger partial charge on any atom is -0.339 e. The number of piperidine rings is 2. The zero-order valence-corrected chi connectivity index (χ0v) is 15.2. The van der Waals surface area contributed by atoms with E-state index < -0.39 is 29.7 Å². The van der Waals surface area contributed by atoms with E-state index in [1.165, 1.54) is 11.0 Å². The standard InChI is InChI=1S/C19H22F6N2O/c20-18(21,22)14-5-9-27(10-6-14)17(28)13-1-2-16(19(23,24)25)15(11-13)12-3-7-26-8-4-12/h1-2,11-12,14,26H,3-10H2. The van der Waals surface area contributed by atoms with Gasteiger partial charge in [-0.15, -0.1) is 0 Å². The van der Waals surface area contributed by atoms with Crippen LogP contribution in [0.5, 0.6) is 0 Å². The summed E-state index contributed by atoms with van der Waals surface area (Å²) in [7, 11) is 0. The van der Waals surface area contributed by atoms with Crippen LogP contribution in [0.1, 0.15) is 53.1 Å². The van der Waals surface area contributed by atoms with Crippen LogP contribution >= 0.6 is 0 Å². The predicted molar refractivity (Wildman–Crippen MR) is 91.0 cm³/mol. The van der Waals surface area contributed by atoms with Crippen LogP contribution in [0.15, 0.2) is 18.2 Å². The van der Waals surface area contributed by atoms with Crippen molar-refractivity contribution in [1.82, 2.24) is 10.2 Å². The molecular formula is C19H22F6N2O. The zero-order chi connectivity index (χ0) is 20.5. The molecule has 0 bridgehead atoms. The summed E-state index contributed by atoms with van der Waals surface area (Å²) >= 11 is 0. The van der Waals surface area contributed by atoms with Gasteiger partial charge in [0, 0.05) is 18.7 Å². The molecule has 2 fully saturated rings. The molecule has 0 spiro atoms. The molecule has 0 aliphatic carbocycles. The Labute approximate surface area is 159 Å². The van der Waals surface area contributed by atoms with E-state index in [4.69, 9.17) is 0 Å². The Kier molecular flexibility index (Phi) is 5.93. The lowest BCUT2D eigenvalue weighted by atomic mass is 9.85. The summed E-state index contributed by atoms with van der Waals surface area (Å²) in [6, 6.07) is 3.34. The largest absolute Gasteiger partial charge is 0.416 e. The summed E-state index contributed by atoms with van der Waals surface area (Å²) in [5.74, 6) is -2.25. The fourth-order valence-electron chi connectivity index (χ4n) is 4.02. The Morgan fingerprint density at radius 1 is 0.964 bits per heavy atom. The Morgan fingerprint density at radius 3 is 2.11 bits per heavy atom. The van der Waals surface area contributed by atoms with Gasteiger partial charge in [0.2, 0.25) is 0 Å². The molecular weight excluding hydrogens is 386 g/mol. The second kappa shape index (κ2) is 7.93. The zero-order valence-electron chi connectivity index (χ0n) is 15.2. The average Bonchev–Trinajstić information content (AvgIpc) is 2.66. The summed E-state index contributed by atoms with van der Waals surface area (Å²) in [6.07, 6.45) is -8.10. The van der Waals surface area contributed by atoms with E-state index in [2.05, 4.69) is 5.32 Å². The molecule has 1 aromatic rings. The molecule has 3 nitrogen and oxygen atoms in total. The lowest BCUT2D eigenvalue weighted by Crippen LogP contribution is -2.42. The van der Waals surface area contributed by atoms with Crippen LogP contribution in [0.25, 0.3) is 0 Å². The average molecular weight is 408 g/mol. The Balaban J connectivity index is 1.81. The molecule has 1 N–H and O–H groups in total.